The number of methoxy groups -OCH3 is 2. The standard InChI is InChI=1S/C24H17Cl2F2NO2/c1-12-22(23(26)16-10-17(25)21(30-2)11-20(16)29-12)14-6-4-13(5-7-14)15-8-18(27)24(31-3)19(28)9-15/h4-11H,1-3H3. The van der Waals surface area contributed by atoms with E-state index in [1.807, 2.05) is 19.1 Å². The lowest BCUT2D eigenvalue weighted by molar-refractivity contribution is 0.360. The molecule has 1 aromatic heterocycles. The minimum absolute atomic E-state index is 0.402. The molecule has 158 valence electrons. The van der Waals surface area contributed by atoms with E-state index in [9.17, 15) is 8.78 Å². The summed E-state index contributed by atoms with van der Waals surface area (Å²) in [6.45, 7) is 1.86. The van der Waals surface area contributed by atoms with Crippen LogP contribution in [0.15, 0.2) is 48.5 Å². The maximum atomic E-state index is 14.1. The summed E-state index contributed by atoms with van der Waals surface area (Å²) in [5.74, 6) is -1.40. The van der Waals surface area contributed by atoms with Gasteiger partial charge in [0.15, 0.2) is 17.4 Å². The number of aromatic nitrogens is 1. The van der Waals surface area contributed by atoms with Gasteiger partial charge in [-0.1, -0.05) is 47.5 Å². The van der Waals surface area contributed by atoms with E-state index in [1.54, 1.807) is 24.3 Å². The second-order valence-corrected chi connectivity index (χ2v) is 7.73. The Morgan fingerprint density at radius 3 is 2.00 bits per heavy atom. The number of nitrogens with zero attached hydrogens (tertiary/aromatic N) is 1. The largest absolute Gasteiger partial charge is 0.495 e. The number of benzene rings is 3. The Labute approximate surface area is 188 Å². The Hall–Kier alpha value is -2.89. The third-order valence-electron chi connectivity index (χ3n) is 5.09. The lowest BCUT2D eigenvalue weighted by atomic mass is 9.98. The molecule has 7 heteroatoms. The summed E-state index contributed by atoms with van der Waals surface area (Å²) < 4.78 is 38.1. The number of rotatable bonds is 4. The van der Waals surface area contributed by atoms with Crippen molar-refractivity contribution in [1.29, 1.82) is 0 Å². The molecule has 0 spiro atoms. The molecule has 0 fully saturated rings. The van der Waals surface area contributed by atoms with Crippen molar-refractivity contribution in [3.05, 3.63) is 75.9 Å². The maximum absolute atomic E-state index is 14.1. The smallest absolute Gasteiger partial charge is 0.190 e. The van der Waals surface area contributed by atoms with Crippen molar-refractivity contribution in [2.75, 3.05) is 14.2 Å². The van der Waals surface area contributed by atoms with E-state index in [0.29, 0.717) is 37.8 Å². The topological polar surface area (TPSA) is 31.4 Å². The Kier molecular flexibility index (Phi) is 5.73. The molecule has 0 saturated heterocycles. The first kappa shape index (κ1) is 21.3. The van der Waals surface area contributed by atoms with Crippen molar-refractivity contribution in [2.45, 2.75) is 6.92 Å². The maximum Gasteiger partial charge on any atom is 0.190 e. The summed E-state index contributed by atoms with van der Waals surface area (Å²) in [4.78, 5) is 4.65. The Balaban J connectivity index is 1.79. The predicted molar refractivity (Wildman–Crippen MR) is 120 cm³/mol. The zero-order valence-corrected chi connectivity index (χ0v) is 18.4. The highest BCUT2D eigenvalue weighted by molar-refractivity contribution is 6.39. The van der Waals surface area contributed by atoms with Crippen molar-refractivity contribution in [1.82, 2.24) is 4.98 Å². The third-order valence-corrected chi connectivity index (χ3v) is 5.77. The number of ether oxygens (including phenoxy) is 2. The van der Waals surface area contributed by atoms with E-state index < -0.39 is 17.4 Å². The van der Waals surface area contributed by atoms with Crippen LogP contribution in [0.25, 0.3) is 33.2 Å². The summed E-state index contributed by atoms with van der Waals surface area (Å²) >= 11 is 13.0. The van der Waals surface area contributed by atoms with Gasteiger partial charge in [0, 0.05) is 22.7 Å². The van der Waals surface area contributed by atoms with Crippen LogP contribution in [0.5, 0.6) is 11.5 Å². The monoisotopic (exact) mass is 459 g/mol. The normalized spacial score (nSPS) is 11.1. The van der Waals surface area contributed by atoms with E-state index in [4.69, 9.17) is 32.7 Å². The highest BCUT2D eigenvalue weighted by Crippen LogP contribution is 2.40. The minimum Gasteiger partial charge on any atom is -0.495 e. The lowest BCUT2D eigenvalue weighted by Crippen LogP contribution is -1.95. The zero-order chi connectivity index (χ0) is 22.3. The van der Waals surface area contributed by atoms with Crippen LogP contribution in [0.3, 0.4) is 0 Å². The second-order valence-electron chi connectivity index (χ2n) is 6.94. The number of aryl methyl sites for hydroxylation is 1. The first-order chi connectivity index (χ1) is 14.8. The number of hydrogen-bond acceptors (Lipinski definition) is 3. The summed E-state index contributed by atoms with van der Waals surface area (Å²) in [7, 11) is 2.76. The molecule has 0 saturated carbocycles. The van der Waals surface area contributed by atoms with E-state index >= 15 is 0 Å². The van der Waals surface area contributed by atoms with E-state index in [2.05, 4.69) is 4.98 Å². The molecule has 0 aliphatic carbocycles. The highest BCUT2D eigenvalue weighted by atomic mass is 35.5. The Bertz CT molecular complexity index is 1280. The quantitative estimate of drug-likeness (QED) is 0.316. The SMILES string of the molecule is COc1cc2nc(C)c(-c3ccc(-c4cc(F)c(OC)c(F)c4)cc3)c(Cl)c2cc1Cl. The average Bonchev–Trinajstić information content (AvgIpc) is 2.74. The molecule has 3 aromatic carbocycles. The van der Waals surface area contributed by atoms with Gasteiger partial charge in [-0.05, 0) is 41.8 Å². The van der Waals surface area contributed by atoms with Gasteiger partial charge in [-0.25, -0.2) is 8.78 Å². The van der Waals surface area contributed by atoms with Gasteiger partial charge in [0.1, 0.15) is 5.75 Å². The van der Waals surface area contributed by atoms with E-state index in [-0.39, 0.29) is 0 Å². The van der Waals surface area contributed by atoms with Crippen LogP contribution < -0.4 is 9.47 Å². The summed E-state index contributed by atoms with van der Waals surface area (Å²) in [6, 6.07) is 13.2. The van der Waals surface area contributed by atoms with Crippen molar-refractivity contribution in [3.63, 3.8) is 0 Å². The zero-order valence-electron chi connectivity index (χ0n) is 16.9. The average molecular weight is 460 g/mol. The van der Waals surface area contributed by atoms with Gasteiger partial charge in [-0.3, -0.25) is 4.98 Å². The van der Waals surface area contributed by atoms with Crippen molar-refractivity contribution >= 4 is 34.1 Å². The summed E-state index contributed by atoms with van der Waals surface area (Å²) in [5.41, 5.74) is 4.04. The molecule has 1 heterocycles. The predicted octanol–water partition coefficient (Wildman–Crippen LogP) is 7.48. The molecular weight excluding hydrogens is 443 g/mol. The molecule has 0 unspecified atom stereocenters. The molecule has 0 amide bonds. The van der Waals surface area contributed by atoms with Crippen LogP contribution in [-0.2, 0) is 0 Å². The van der Waals surface area contributed by atoms with Crippen LogP contribution >= 0.6 is 23.2 Å². The Morgan fingerprint density at radius 2 is 1.42 bits per heavy atom. The fraction of sp³-hybridized carbons (Fsp3) is 0.125. The number of pyridine rings is 1. The fourth-order valence-corrected chi connectivity index (χ4v) is 4.22. The molecule has 3 nitrogen and oxygen atoms in total. The first-order valence-electron chi connectivity index (χ1n) is 9.31. The first-order valence-corrected chi connectivity index (χ1v) is 10.1. The molecule has 31 heavy (non-hydrogen) atoms. The summed E-state index contributed by atoms with van der Waals surface area (Å²) in [5, 5.41) is 1.66. The highest BCUT2D eigenvalue weighted by Gasteiger charge is 2.16. The fourth-order valence-electron chi connectivity index (χ4n) is 3.58. The van der Waals surface area contributed by atoms with Crippen LogP contribution in [-0.4, -0.2) is 19.2 Å². The van der Waals surface area contributed by atoms with Crippen LogP contribution in [0.4, 0.5) is 8.78 Å². The van der Waals surface area contributed by atoms with Crippen LogP contribution in [0.1, 0.15) is 5.69 Å². The van der Waals surface area contributed by atoms with Gasteiger partial charge in [0.25, 0.3) is 0 Å². The van der Waals surface area contributed by atoms with E-state index in [1.165, 1.54) is 26.4 Å². The molecule has 0 bridgehead atoms. The van der Waals surface area contributed by atoms with Gasteiger partial charge < -0.3 is 9.47 Å². The van der Waals surface area contributed by atoms with E-state index in [0.717, 1.165) is 16.8 Å². The van der Waals surface area contributed by atoms with Crippen molar-refractivity contribution in [3.8, 4) is 33.8 Å². The molecule has 0 aliphatic heterocycles. The molecule has 0 aliphatic rings. The van der Waals surface area contributed by atoms with Gasteiger partial charge >= 0.3 is 0 Å². The van der Waals surface area contributed by atoms with Crippen molar-refractivity contribution < 1.29 is 18.3 Å². The van der Waals surface area contributed by atoms with Gasteiger partial charge in [0.2, 0.25) is 0 Å². The lowest BCUT2D eigenvalue weighted by Gasteiger charge is -2.14. The Morgan fingerprint density at radius 1 is 0.806 bits per heavy atom. The molecule has 4 aromatic rings. The van der Waals surface area contributed by atoms with Crippen LogP contribution in [0.2, 0.25) is 10.0 Å². The third kappa shape index (κ3) is 3.80. The number of hydrogen-bond donors (Lipinski definition) is 0. The molecule has 0 N–H and O–H groups in total. The molecular formula is C24H17Cl2F2NO2. The summed E-state index contributed by atoms with van der Waals surface area (Å²) in [6.07, 6.45) is 0. The van der Waals surface area contributed by atoms with Gasteiger partial charge in [0.05, 0.1) is 29.8 Å². The number of halogens is 4. The van der Waals surface area contributed by atoms with Crippen molar-refractivity contribution in [2.24, 2.45) is 0 Å². The minimum atomic E-state index is -0.758. The number of fused-ring (bicyclic) bond motifs is 1. The second kappa shape index (κ2) is 8.33. The van der Waals surface area contributed by atoms with Gasteiger partial charge in [-0.2, -0.15) is 0 Å². The van der Waals surface area contributed by atoms with Crippen LogP contribution in [0, 0.1) is 18.6 Å². The molecule has 0 radical (unpaired) electrons. The molecule has 0 atom stereocenters. The van der Waals surface area contributed by atoms with Gasteiger partial charge in [-0.15, -0.1) is 0 Å². The molecule has 4 rings (SSSR count).